The number of likely N-dealkylation sites (N-methyl/N-ethyl adjacent to an activating group) is 1. The van der Waals surface area contributed by atoms with Gasteiger partial charge in [-0.1, -0.05) is 30.3 Å². The minimum Gasteiger partial charge on any atom is -0.373 e. The number of nitrogens with one attached hydrogen (secondary N) is 1. The van der Waals surface area contributed by atoms with Crippen molar-refractivity contribution in [1.82, 2.24) is 20.0 Å². The van der Waals surface area contributed by atoms with Gasteiger partial charge in [-0.2, -0.15) is 5.10 Å². The zero-order chi connectivity index (χ0) is 16.2. The van der Waals surface area contributed by atoms with Crippen LogP contribution >= 0.6 is 0 Å². The largest absolute Gasteiger partial charge is 0.373 e. The predicted octanol–water partition coefficient (Wildman–Crippen LogP) is 1.55. The number of rotatable bonds is 4. The van der Waals surface area contributed by atoms with E-state index < -0.39 is 0 Å². The third-order valence-corrected chi connectivity index (χ3v) is 4.04. The number of carbonyl (C=O) groups excluding carboxylic acids is 1. The zero-order valence-corrected chi connectivity index (χ0v) is 13.5. The SMILES string of the molecule is CN(C)C[C@@H]1OCCN(C(=O)c2cn[nH]c2)[C@H]1c1ccccc1. The molecule has 0 bridgehead atoms. The molecule has 0 spiro atoms. The van der Waals surface area contributed by atoms with Crippen molar-refractivity contribution >= 4 is 5.91 Å². The van der Waals surface area contributed by atoms with E-state index in [-0.39, 0.29) is 18.1 Å². The number of hydrogen-bond donors (Lipinski definition) is 1. The molecular formula is C17H22N4O2. The summed E-state index contributed by atoms with van der Waals surface area (Å²) >= 11 is 0. The summed E-state index contributed by atoms with van der Waals surface area (Å²) < 4.78 is 5.99. The van der Waals surface area contributed by atoms with E-state index >= 15 is 0 Å². The number of aromatic amines is 1. The number of morpholine rings is 1. The van der Waals surface area contributed by atoms with Crippen LogP contribution in [0.4, 0.5) is 0 Å². The van der Waals surface area contributed by atoms with Gasteiger partial charge in [0.1, 0.15) is 0 Å². The second-order valence-electron chi connectivity index (χ2n) is 6.01. The minimum atomic E-state index is -0.102. The molecule has 1 amide bonds. The molecule has 1 N–H and O–H groups in total. The second kappa shape index (κ2) is 6.93. The van der Waals surface area contributed by atoms with Crippen molar-refractivity contribution in [2.45, 2.75) is 12.1 Å². The van der Waals surface area contributed by atoms with Gasteiger partial charge in [0.15, 0.2) is 0 Å². The Bertz CT molecular complexity index is 627. The van der Waals surface area contributed by atoms with Gasteiger partial charge in [-0.25, -0.2) is 0 Å². The van der Waals surface area contributed by atoms with Crippen LogP contribution in [0.2, 0.25) is 0 Å². The molecule has 0 unspecified atom stereocenters. The highest BCUT2D eigenvalue weighted by atomic mass is 16.5. The van der Waals surface area contributed by atoms with E-state index in [4.69, 9.17) is 4.74 Å². The topological polar surface area (TPSA) is 61.5 Å². The van der Waals surface area contributed by atoms with Gasteiger partial charge in [-0.15, -0.1) is 0 Å². The van der Waals surface area contributed by atoms with E-state index in [2.05, 4.69) is 27.2 Å². The number of ether oxygens (including phenoxy) is 1. The van der Waals surface area contributed by atoms with E-state index in [1.807, 2.05) is 37.2 Å². The quantitative estimate of drug-likeness (QED) is 0.930. The van der Waals surface area contributed by atoms with Crippen molar-refractivity contribution in [3.05, 3.63) is 53.9 Å². The van der Waals surface area contributed by atoms with Crippen molar-refractivity contribution in [3.63, 3.8) is 0 Å². The molecule has 2 atom stereocenters. The van der Waals surface area contributed by atoms with Crippen LogP contribution in [-0.2, 0) is 4.74 Å². The molecule has 1 aliphatic rings. The lowest BCUT2D eigenvalue weighted by Gasteiger charge is -2.42. The van der Waals surface area contributed by atoms with Gasteiger partial charge in [0.25, 0.3) is 5.91 Å². The van der Waals surface area contributed by atoms with Gasteiger partial charge in [-0.3, -0.25) is 9.89 Å². The highest BCUT2D eigenvalue weighted by molar-refractivity contribution is 5.94. The third-order valence-electron chi connectivity index (χ3n) is 4.04. The average molecular weight is 314 g/mol. The van der Waals surface area contributed by atoms with Crippen LogP contribution in [0.15, 0.2) is 42.7 Å². The molecule has 6 heteroatoms. The molecule has 2 aromatic rings. The van der Waals surface area contributed by atoms with E-state index in [0.29, 0.717) is 18.7 Å². The fourth-order valence-electron chi connectivity index (χ4n) is 3.05. The molecule has 1 aromatic carbocycles. The van der Waals surface area contributed by atoms with Crippen molar-refractivity contribution < 1.29 is 9.53 Å². The van der Waals surface area contributed by atoms with Crippen LogP contribution in [0.1, 0.15) is 22.0 Å². The summed E-state index contributed by atoms with van der Waals surface area (Å²) in [7, 11) is 4.03. The van der Waals surface area contributed by atoms with Crippen molar-refractivity contribution in [2.75, 3.05) is 33.8 Å². The molecule has 1 aliphatic heterocycles. The first-order valence-corrected chi connectivity index (χ1v) is 7.78. The highest BCUT2D eigenvalue weighted by Gasteiger charge is 2.37. The van der Waals surface area contributed by atoms with Gasteiger partial charge in [0.05, 0.1) is 30.5 Å². The Morgan fingerprint density at radius 2 is 2.17 bits per heavy atom. The van der Waals surface area contributed by atoms with E-state index in [0.717, 1.165) is 12.1 Å². The molecular weight excluding hydrogens is 292 g/mol. The maximum absolute atomic E-state index is 12.9. The number of nitrogens with zero attached hydrogens (tertiary/aromatic N) is 3. The first kappa shape index (κ1) is 15.7. The smallest absolute Gasteiger partial charge is 0.257 e. The summed E-state index contributed by atoms with van der Waals surface area (Å²) in [6.45, 7) is 1.88. The Morgan fingerprint density at radius 1 is 1.39 bits per heavy atom. The summed E-state index contributed by atoms with van der Waals surface area (Å²) in [5, 5.41) is 6.60. The van der Waals surface area contributed by atoms with Gasteiger partial charge >= 0.3 is 0 Å². The summed E-state index contributed by atoms with van der Waals surface area (Å²) in [6, 6.07) is 9.98. The van der Waals surface area contributed by atoms with Gasteiger partial charge in [0.2, 0.25) is 0 Å². The molecule has 122 valence electrons. The molecule has 2 heterocycles. The maximum Gasteiger partial charge on any atom is 0.257 e. The fraction of sp³-hybridized carbons (Fsp3) is 0.412. The molecule has 1 fully saturated rings. The summed E-state index contributed by atoms with van der Waals surface area (Å²) in [4.78, 5) is 16.9. The molecule has 1 aromatic heterocycles. The van der Waals surface area contributed by atoms with E-state index in [9.17, 15) is 4.79 Å². The van der Waals surface area contributed by atoms with E-state index in [1.165, 1.54) is 0 Å². The molecule has 6 nitrogen and oxygen atoms in total. The predicted molar refractivity (Wildman–Crippen MR) is 87.1 cm³/mol. The summed E-state index contributed by atoms with van der Waals surface area (Å²) in [6.07, 6.45) is 3.15. The van der Waals surface area contributed by atoms with Crippen molar-refractivity contribution in [2.24, 2.45) is 0 Å². The summed E-state index contributed by atoms with van der Waals surface area (Å²) in [5.41, 5.74) is 1.67. The Morgan fingerprint density at radius 3 is 2.83 bits per heavy atom. The van der Waals surface area contributed by atoms with Crippen LogP contribution < -0.4 is 0 Å². The number of benzene rings is 1. The van der Waals surface area contributed by atoms with Crippen LogP contribution in [0.25, 0.3) is 0 Å². The first-order chi connectivity index (χ1) is 11.2. The van der Waals surface area contributed by atoms with Crippen LogP contribution in [0.3, 0.4) is 0 Å². The number of aromatic nitrogens is 2. The maximum atomic E-state index is 12.9. The lowest BCUT2D eigenvalue weighted by molar-refractivity contribution is -0.0684. The highest BCUT2D eigenvalue weighted by Crippen LogP contribution is 2.31. The lowest BCUT2D eigenvalue weighted by Crippen LogP contribution is -2.51. The van der Waals surface area contributed by atoms with Crippen LogP contribution in [-0.4, -0.2) is 65.8 Å². The first-order valence-electron chi connectivity index (χ1n) is 7.78. The third kappa shape index (κ3) is 3.43. The normalized spacial score (nSPS) is 21.6. The molecule has 0 saturated carbocycles. The molecule has 0 aliphatic carbocycles. The fourth-order valence-corrected chi connectivity index (χ4v) is 3.05. The number of H-pyrrole nitrogens is 1. The molecule has 3 rings (SSSR count). The molecule has 23 heavy (non-hydrogen) atoms. The lowest BCUT2D eigenvalue weighted by atomic mass is 9.97. The summed E-state index contributed by atoms with van der Waals surface area (Å²) in [5.74, 6) is -0.0142. The van der Waals surface area contributed by atoms with Crippen LogP contribution in [0.5, 0.6) is 0 Å². The van der Waals surface area contributed by atoms with Crippen molar-refractivity contribution in [3.8, 4) is 0 Å². The van der Waals surface area contributed by atoms with Crippen LogP contribution in [0, 0.1) is 0 Å². The van der Waals surface area contributed by atoms with Gasteiger partial charge < -0.3 is 14.5 Å². The Kier molecular flexibility index (Phi) is 4.73. The zero-order valence-electron chi connectivity index (χ0n) is 13.5. The van der Waals surface area contributed by atoms with Gasteiger partial charge in [-0.05, 0) is 19.7 Å². The Balaban J connectivity index is 1.93. The number of hydrogen-bond acceptors (Lipinski definition) is 4. The van der Waals surface area contributed by atoms with E-state index in [1.54, 1.807) is 12.4 Å². The number of amides is 1. The standard InChI is InChI=1S/C17H22N4O2/c1-20(2)12-15-16(13-6-4-3-5-7-13)21(8-9-23-15)17(22)14-10-18-19-11-14/h3-7,10-11,15-16H,8-9,12H2,1-2H3,(H,18,19)/t15-,16-/m0/s1. The van der Waals surface area contributed by atoms with Gasteiger partial charge in [0, 0.05) is 19.3 Å². The Hall–Kier alpha value is -2.18. The molecule has 1 saturated heterocycles. The molecule has 0 radical (unpaired) electrons. The average Bonchev–Trinajstić information content (AvgIpc) is 3.08. The second-order valence-corrected chi connectivity index (χ2v) is 6.01. The number of carbonyl (C=O) groups is 1. The Labute approximate surface area is 136 Å². The van der Waals surface area contributed by atoms with Crippen molar-refractivity contribution in [1.29, 1.82) is 0 Å². The minimum absolute atomic E-state index is 0.0142. The monoisotopic (exact) mass is 314 g/mol.